The van der Waals surface area contributed by atoms with E-state index in [1.54, 1.807) is 56.3 Å². The van der Waals surface area contributed by atoms with Crippen molar-refractivity contribution < 1.29 is 21.6 Å². The Hall–Kier alpha value is -2.98. The standard InChI is InChI=1S/C25H26F3N3O3S/c1-14(2)31-13-29-24-19(25(31)32)18(23(21(27)22(24)28)30-35(3,33)34)12-16-10-7-11-17(20(16)26)15-8-5-4-6-9-15/h4-11,13-14,18,21-23,30H,12H2,1-3H3/t18-,21-,22-,23-/m1/s1. The molecule has 1 heterocycles. The van der Waals surface area contributed by atoms with Gasteiger partial charge in [0.25, 0.3) is 5.56 Å². The molecule has 2 aromatic carbocycles. The first-order valence-corrected chi connectivity index (χ1v) is 13.1. The molecule has 10 heteroatoms. The molecule has 0 aliphatic heterocycles. The molecule has 0 amide bonds. The molecule has 4 rings (SSSR count). The Bertz CT molecular complexity index is 1390. The monoisotopic (exact) mass is 505 g/mol. The van der Waals surface area contributed by atoms with E-state index in [1.807, 2.05) is 0 Å². The third kappa shape index (κ3) is 4.90. The number of nitrogens with one attached hydrogen (secondary N) is 1. The van der Waals surface area contributed by atoms with E-state index in [2.05, 4.69) is 9.71 Å². The minimum absolute atomic E-state index is 0.145. The van der Waals surface area contributed by atoms with Gasteiger partial charge in [0.1, 0.15) is 5.82 Å². The minimum atomic E-state index is -3.99. The zero-order chi connectivity index (χ0) is 25.5. The van der Waals surface area contributed by atoms with Crippen LogP contribution in [-0.4, -0.2) is 36.4 Å². The van der Waals surface area contributed by atoms with E-state index in [4.69, 9.17) is 0 Å². The van der Waals surface area contributed by atoms with E-state index < -0.39 is 45.7 Å². The molecule has 4 atom stereocenters. The van der Waals surface area contributed by atoms with E-state index in [9.17, 15) is 13.2 Å². The zero-order valence-electron chi connectivity index (χ0n) is 19.5. The molecule has 3 aromatic rings. The lowest BCUT2D eigenvalue weighted by molar-refractivity contribution is 0.104. The van der Waals surface area contributed by atoms with E-state index in [0.29, 0.717) is 11.1 Å². The van der Waals surface area contributed by atoms with E-state index in [1.165, 1.54) is 10.6 Å². The molecular weight excluding hydrogens is 479 g/mol. The summed E-state index contributed by atoms with van der Waals surface area (Å²) in [5.74, 6) is -1.77. The highest BCUT2D eigenvalue weighted by Crippen LogP contribution is 2.41. The van der Waals surface area contributed by atoms with Gasteiger partial charge in [0, 0.05) is 23.1 Å². The molecule has 186 valence electrons. The van der Waals surface area contributed by atoms with Crippen molar-refractivity contribution in [1.29, 1.82) is 0 Å². The van der Waals surface area contributed by atoms with Crippen LogP contribution >= 0.6 is 0 Å². The van der Waals surface area contributed by atoms with Crippen molar-refractivity contribution in [3.05, 3.63) is 87.9 Å². The van der Waals surface area contributed by atoms with Crippen LogP contribution < -0.4 is 10.3 Å². The third-order valence-corrected chi connectivity index (χ3v) is 6.96. The van der Waals surface area contributed by atoms with Crippen LogP contribution in [0.3, 0.4) is 0 Å². The first kappa shape index (κ1) is 25.1. The Balaban J connectivity index is 1.89. The maximum atomic E-state index is 15.6. The summed E-state index contributed by atoms with van der Waals surface area (Å²) in [5, 5.41) is 0. The normalized spacial score (nSPS) is 22.3. The lowest BCUT2D eigenvalue weighted by Crippen LogP contribution is -2.52. The molecule has 35 heavy (non-hydrogen) atoms. The summed E-state index contributed by atoms with van der Waals surface area (Å²) in [4.78, 5) is 17.4. The average molecular weight is 506 g/mol. The molecule has 0 radical (unpaired) electrons. The Labute approximate surface area is 201 Å². The first-order valence-electron chi connectivity index (χ1n) is 11.2. The molecule has 0 saturated carbocycles. The highest BCUT2D eigenvalue weighted by Gasteiger charge is 2.47. The van der Waals surface area contributed by atoms with Gasteiger partial charge in [-0.2, -0.15) is 0 Å². The van der Waals surface area contributed by atoms with Crippen LogP contribution in [0.15, 0.2) is 59.7 Å². The van der Waals surface area contributed by atoms with Gasteiger partial charge in [0.15, 0.2) is 12.3 Å². The van der Waals surface area contributed by atoms with Gasteiger partial charge in [0.2, 0.25) is 10.0 Å². The van der Waals surface area contributed by atoms with Crippen molar-refractivity contribution in [2.75, 3.05) is 6.26 Å². The number of fused-ring (bicyclic) bond motifs is 1. The number of nitrogens with zero attached hydrogens (tertiary/aromatic N) is 2. The number of rotatable bonds is 6. The fourth-order valence-electron chi connectivity index (χ4n) is 4.60. The molecule has 0 unspecified atom stereocenters. The Morgan fingerprint density at radius 1 is 1.09 bits per heavy atom. The van der Waals surface area contributed by atoms with Crippen molar-refractivity contribution in [1.82, 2.24) is 14.3 Å². The van der Waals surface area contributed by atoms with Crippen molar-refractivity contribution in [3.8, 4) is 11.1 Å². The molecule has 1 aromatic heterocycles. The second-order valence-corrected chi connectivity index (χ2v) is 10.8. The lowest BCUT2D eigenvalue weighted by Gasteiger charge is -2.37. The van der Waals surface area contributed by atoms with Gasteiger partial charge < -0.3 is 0 Å². The van der Waals surface area contributed by atoms with Crippen LogP contribution in [0.1, 0.15) is 48.8 Å². The fourth-order valence-corrected chi connectivity index (χ4v) is 5.39. The lowest BCUT2D eigenvalue weighted by atomic mass is 9.76. The summed E-state index contributed by atoms with van der Waals surface area (Å²) in [6.45, 7) is 3.46. The molecule has 1 aliphatic carbocycles. The Morgan fingerprint density at radius 3 is 2.40 bits per heavy atom. The fraction of sp³-hybridized carbons (Fsp3) is 0.360. The Morgan fingerprint density at radius 2 is 1.77 bits per heavy atom. The van der Waals surface area contributed by atoms with Crippen LogP contribution in [0.2, 0.25) is 0 Å². The third-order valence-electron chi connectivity index (χ3n) is 6.26. The number of halogens is 3. The predicted octanol–water partition coefficient (Wildman–Crippen LogP) is 4.24. The number of hydrogen-bond donors (Lipinski definition) is 1. The second-order valence-electron chi connectivity index (χ2n) is 9.07. The average Bonchev–Trinajstić information content (AvgIpc) is 2.80. The predicted molar refractivity (Wildman–Crippen MR) is 128 cm³/mol. The van der Waals surface area contributed by atoms with Gasteiger partial charge in [-0.15, -0.1) is 0 Å². The van der Waals surface area contributed by atoms with Gasteiger partial charge in [-0.1, -0.05) is 48.5 Å². The topological polar surface area (TPSA) is 81.1 Å². The number of sulfonamides is 1. The highest BCUT2D eigenvalue weighted by atomic mass is 32.2. The van der Waals surface area contributed by atoms with Crippen molar-refractivity contribution >= 4 is 10.0 Å². The number of alkyl halides is 2. The first-order chi connectivity index (χ1) is 16.5. The van der Waals surface area contributed by atoms with Crippen LogP contribution in [0.25, 0.3) is 11.1 Å². The van der Waals surface area contributed by atoms with Gasteiger partial charge >= 0.3 is 0 Å². The van der Waals surface area contributed by atoms with E-state index in [-0.39, 0.29) is 29.3 Å². The molecule has 0 bridgehead atoms. The number of aromatic nitrogens is 2. The van der Waals surface area contributed by atoms with E-state index >= 15 is 13.2 Å². The summed E-state index contributed by atoms with van der Waals surface area (Å²) >= 11 is 0. The Kier molecular flexibility index (Phi) is 6.88. The van der Waals surface area contributed by atoms with Crippen LogP contribution in [-0.2, 0) is 16.4 Å². The van der Waals surface area contributed by atoms with Gasteiger partial charge in [-0.05, 0) is 31.4 Å². The van der Waals surface area contributed by atoms with E-state index in [0.717, 1.165) is 12.6 Å². The molecule has 0 fully saturated rings. The molecule has 0 spiro atoms. The summed E-state index contributed by atoms with van der Waals surface area (Å²) < 4.78 is 73.5. The van der Waals surface area contributed by atoms with Crippen LogP contribution in [0.4, 0.5) is 13.2 Å². The molecule has 1 N–H and O–H groups in total. The molecule has 0 saturated heterocycles. The van der Waals surface area contributed by atoms with Crippen LogP contribution in [0, 0.1) is 5.82 Å². The van der Waals surface area contributed by atoms with Gasteiger partial charge in [0.05, 0.1) is 24.3 Å². The van der Waals surface area contributed by atoms with Crippen molar-refractivity contribution in [2.45, 2.75) is 50.6 Å². The maximum absolute atomic E-state index is 15.6. The maximum Gasteiger partial charge on any atom is 0.257 e. The molecular formula is C25H26F3N3O3S. The molecule has 6 nitrogen and oxygen atoms in total. The highest BCUT2D eigenvalue weighted by molar-refractivity contribution is 7.88. The number of benzene rings is 2. The zero-order valence-corrected chi connectivity index (χ0v) is 20.3. The van der Waals surface area contributed by atoms with Gasteiger partial charge in [-0.25, -0.2) is 31.3 Å². The quantitative estimate of drug-likeness (QED) is 0.544. The minimum Gasteiger partial charge on any atom is -0.296 e. The second kappa shape index (κ2) is 9.58. The summed E-state index contributed by atoms with van der Waals surface area (Å²) in [6, 6.07) is 11.6. The number of hydrogen-bond acceptors (Lipinski definition) is 4. The van der Waals surface area contributed by atoms with Crippen molar-refractivity contribution in [2.24, 2.45) is 0 Å². The summed E-state index contributed by atoms with van der Waals surface area (Å²) in [5.41, 5.74) is -0.0600. The van der Waals surface area contributed by atoms with Gasteiger partial charge in [-0.3, -0.25) is 9.36 Å². The smallest absolute Gasteiger partial charge is 0.257 e. The summed E-state index contributed by atoms with van der Waals surface area (Å²) in [6.07, 6.45) is -2.88. The molecule has 1 aliphatic rings. The van der Waals surface area contributed by atoms with Crippen LogP contribution in [0.5, 0.6) is 0 Å². The SMILES string of the molecule is CC(C)n1cnc2c(c1=O)[C@@H](Cc1cccc(-c3ccccc3)c1F)[C@@H](NS(C)(=O)=O)[C@H](F)[C@H]2F. The largest absolute Gasteiger partial charge is 0.296 e. The summed E-state index contributed by atoms with van der Waals surface area (Å²) in [7, 11) is -3.99. The van der Waals surface area contributed by atoms with Crippen molar-refractivity contribution in [3.63, 3.8) is 0 Å².